The number of nitrogens with two attached hydrogens (primary N) is 1. The fourth-order valence-electron chi connectivity index (χ4n) is 3.47. The van der Waals surface area contributed by atoms with Crippen molar-refractivity contribution in [1.82, 2.24) is 0 Å². The lowest BCUT2D eigenvalue weighted by Gasteiger charge is -2.28. The average Bonchev–Trinajstić information content (AvgIpc) is 2.79. The maximum absolute atomic E-state index is 6.60. The molecule has 0 saturated heterocycles. The van der Waals surface area contributed by atoms with Crippen molar-refractivity contribution in [2.45, 2.75) is 46.1 Å². The molecule has 3 atom stereocenters. The molecule has 0 aliphatic heterocycles. The fraction of sp³-hybridized carbons (Fsp3) is 0.625. The molecule has 19 heavy (non-hydrogen) atoms. The van der Waals surface area contributed by atoms with Gasteiger partial charge in [-0.3, -0.25) is 0 Å². The Morgan fingerprint density at radius 3 is 2.58 bits per heavy atom. The number of rotatable bonds is 3. The summed E-state index contributed by atoms with van der Waals surface area (Å²) in [5.74, 6) is 2.24. The normalized spacial score (nSPS) is 24.5. The van der Waals surface area contributed by atoms with E-state index < -0.39 is 0 Å². The third kappa shape index (κ3) is 2.68. The molecule has 0 amide bonds. The van der Waals surface area contributed by atoms with E-state index in [0.717, 1.165) is 15.8 Å². The van der Waals surface area contributed by atoms with Gasteiger partial charge in [-0.1, -0.05) is 35.7 Å². The summed E-state index contributed by atoms with van der Waals surface area (Å²) in [6, 6.07) is 2.19. The molecule has 2 nitrogen and oxygen atoms in total. The van der Waals surface area contributed by atoms with Crippen molar-refractivity contribution >= 4 is 15.9 Å². The number of benzene rings is 1. The van der Waals surface area contributed by atoms with Crippen molar-refractivity contribution in [2.24, 2.45) is 17.6 Å². The molecule has 2 rings (SSSR count). The van der Waals surface area contributed by atoms with Gasteiger partial charge in [0, 0.05) is 16.1 Å². The Hall–Kier alpha value is -0.540. The zero-order chi connectivity index (χ0) is 14.2. The van der Waals surface area contributed by atoms with Gasteiger partial charge < -0.3 is 10.5 Å². The van der Waals surface area contributed by atoms with Gasteiger partial charge in [-0.15, -0.1) is 0 Å². The van der Waals surface area contributed by atoms with E-state index in [1.165, 1.54) is 30.4 Å². The van der Waals surface area contributed by atoms with Crippen LogP contribution in [0.15, 0.2) is 10.5 Å². The van der Waals surface area contributed by atoms with Crippen LogP contribution in [0.2, 0.25) is 0 Å². The highest BCUT2D eigenvalue weighted by Crippen LogP contribution is 2.44. The van der Waals surface area contributed by atoms with Crippen LogP contribution in [0.25, 0.3) is 0 Å². The van der Waals surface area contributed by atoms with Gasteiger partial charge in [-0.2, -0.15) is 0 Å². The van der Waals surface area contributed by atoms with E-state index in [1.807, 2.05) is 0 Å². The molecule has 106 valence electrons. The molecule has 0 spiro atoms. The Balaban J connectivity index is 2.48. The number of ether oxygens (including phenoxy) is 1. The molecular weight excluding hydrogens is 302 g/mol. The largest absolute Gasteiger partial charge is 0.496 e. The molecule has 0 aromatic heterocycles. The van der Waals surface area contributed by atoms with Crippen LogP contribution in [0.3, 0.4) is 0 Å². The number of halogens is 1. The lowest BCUT2D eigenvalue weighted by Crippen LogP contribution is -2.25. The molecule has 1 aliphatic rings. The van der Waals surface area contributed by atoms with E-state index in [0.29, 0.717) is 11.8 Å². The maximum atomic E-state index is 6.60. The fourth-order valence-corrected chi connectivity index (χ4v) is 4.03. The molecule has 2 N–H and O–H groups in total. The third-order valence-electron chi connectivity index (χ3n) is 4.63. The summed E-state index contributed by atoms with van der Waals surface area (Å²) >= 11 is 3.64. The minimum Gasteiger partial charge on any atom is -0.496 e. The summed E-state index contributed by atoms with van der Waals surface area (Å²) < 4.78 is 6.75. The number of hydrogen-bond acceptors (Lipinski definition) is 2. The molecule has 1 aromatic carbocycles. The van der Waals surface area contributed by atoms with E-state index in [-0.39, 0.29) is 6.04 Å². The first kappa shape index (κ1) is 14.9. The van der Waals surface area contributed by atoms with Crippen molar-refractivity contribution in [3.05, 3.63) is 27.2 Å². The topological polar surface area (TPSA) is 35.2 Å². The molecule has 0 heterocycles. The Labute approximate surface area is 124 Å². The highest BCUT2D eigenvalue weighted by molar-refractivity contribution is 9.10. The van der Waals surface area contributed by atoms with Gasteiger partial charge >= 0.3 is 0 Å². The van der Waals surface area contributed by atoms with Gasteiger partial charge in [0.2, 0.25) is 0 Å². The SMILES string of the molecule is COc1c(C)cc(Br)c(C)c1C(N)C1CCCC1C. The predicted molar refractivity (Wildman–Crippen MR) is 83.6 cm³/mol. The second-order valence-corrected chi connectivity index (χ2v) is 6.70. The number of methoxy groups -OCH3 is 1. The number of aryl methyl sites for hydroxylation is 1. The standard InChI is InChI=1S/C16H24BrNO/c1-9-6-5-7-12(9)15(18)14-11(3)13(17)8-10(2)16(14)19-4/h8-9,12,15H,5-7,18H2,1-4H3. The second-order valence-electron chi connectivity index (χ2n) is 5.85. The van der Waals surface area contributed by atoms with Crippen molar-refractivity contribution in [3.63, 3.8) is 0 Å². The van der Waals surface area contributed by atoms with E-state index in [2.05, 4.69) is 42.8 Å². The van der Waals surface area contributed by atoms with Crippen molar-refractivity contribution in [1.29, 1.82) is 0 Å². The first-order valence-corrected chi connectivity index (χ1v) is 7.85. The number of hydrogen-bond donors (Lipinski definition) is 1. The van der Waals surface area contributed by atoms with Gasteiger partial charge in [-0.05, 0) is 49.3 Å². The molecule has 0 radical (unpaired) electrons. The van der Waals surface area contributed by atoms with Gasteiger partial charge in [0.1, 0.15) is 5.75 Å². The third-order valence-corrected chi connectivity index (χ3v) is 5.46. The van der Waals surface area contributed by atoms with Crippen LogP contribution in [-0.4, -0.2) is 7.11 Å². The molecule has 0 bridgehead atoms. The highest BCUT2D eigenvalue weighted by atomic mass is 79.9. The molecule has 1 saturated carbocycles. The highest BCUT2D eigenvalue weighted by Gasteiger charge is 2.32. The zero-order valence-corrected chi connectivity index (χ0v) is 13.9. The molecule has 1 fully saturated rings. The van der Waals surface area contributed by atoms with E-state index in [1.54, 1.807) is 7.11 Å². The summed E-state index contributed by atoms with van der Waals surface area (Å²) in [4.78, 5) is 0. The zero-order valence-electron chi connectivity index (χ0n) is 12.3. The summed E-state index contributed by atoms with van der Waals surface area (Å²) in [5, 5.41) is 0. The Kier molecular flexibility index (Phi) is 4.57. The quantitative estimate of drug-likeness (QED) is 0.887. The molecule has 1 aromatic rings. The summed E-state index contributed by atoms with van der Waals surface area (Å²) in [7, 11) is 1.74. The van der Waals surface area contributed by atoms with Crippen LogP contribution >= 0.6 is 15.9 Å². The first-order valence-electron chi connectivity index (χ1n) is 7.06. The second kappa shape index (κ2) is 5.84. The van der Waals surface area contributed by atoms with Crippen molar-refractivity contribution < 1.29 is 4.74 Å². The van der Waals surface area contributed by atoms with Crippen LogP contribution in [0.4, 0.5) is 0 Å². The Morgan fingerprint density at radius 2 is 2.05 bits per heavy atom. The molecule has 3 heteroatoms. The molecular formula is C16H24BrNO. The van der Waals surface area contributed by atoms with Gasteiger partial charge in [0.05, 0.1) is 7.11 Å². The molecule has 3 unspecified atom stereocenters. The van der Waals surface area contributed by atoms with Gasteiger partial charge in [0.15, 0.2) is 0 Å². The maximum Gasteiger partial charge on any atom is 0.126 e. The van der Waals surface area contributed by atoms with Crippen LogP contribution < -0.4 is 10.5 Å². The van der Waals surface area contributed by atoms with Crippen molar-refractivity contribution in [3.8, 4) is 5.75 Å². The van der Waals surface area contributed by atoms with Gasteiger partial charge in [0.25, 0.3) is 0 Å². The lowest BCUT2D eigenvalue weighted by molar-refractivity contribution is 0.334. The summed E-state index contributed by atoms with van der Waals surface area (Å²) in [6.07, 6.45) is 3.83. The summed E-state index contributed by atoms with van der Waals surface area (Å²) in [5.41, 5.74) is 10.2. The van der Waals surface area contributed by atoms with Crippen LogP contribution in [0, 0.1) is 25.7 Å². The Bertz CT molecular complexity index is 472. The van der Waals surface area contributed by atoms with Crippen LogP contribution in [0.5, 0.6) is 5.75 Å². The Morgan fingerprint density at radius 1 is 1.37 bits per heavy atom. The van der Waals surface area contributed by atoms with Crippen LogP contribution in [-0.2, 0) is 0 Å². The summed E-state index contributed by atoms with van der Waals surface area (Å²) in [6.45, 7) is 6.53. The van der Waals surface area contributed by atoms with E-state index in [4.69, 9.17) is 10.5 Å². The predicted octanol–water partition coefficient (Wildman–Crippen LogP) is 4.51. The van der Waals surface area contributed by atoms with Gasteiger partial charge in [-0.25, -0.2) is 0 Å². The van der Waals surface area contributed by atoms with E-state index in [9.17, 15) is 0 Å². The van der Waals surface area contributed by atoms with Crippen molar-refractivity contribution in [2.75, 3.05) is 7.11 Å². The smallest absolute Gasteiger partial charge is 0.126 e. The average molecular weight is 326 g/mol. The first-order chi connectivity index (χ1) is 8.97. The lowest BCUT2D eigenvalue weighted by atomic mass is 9.84. The minimum atomic E-state index is 0.0728. The molecule has 1 aliphatic carbocycles. The monoisotopic (exact) mass is 325 g/mol. The minimum absolute atomic E-state index is 0.0728. The van der Waals surface area contributed by atoms with Crippen LogP contribution in [0.1, 0.15) is 48.9 Å². The van der Waals surface area contributed by atoms with E-state index >= 15 is 0 Å².